The van der Waals surface area contributed by atoms with E-state index < -0.39 is 0 Å². The molecule has 5 rings (SSSR count). The van der Waals surface area contributed by atoms with Crippen LogP contribution in [-0.4, -0.2) is 16.7 Å². The molecule has 0 atom stereocenters. The highest BCUT2D eigenvalue weighted by Gasteiger charge is 2.13. The van der Waals surface area contributed by atoms with Gasteiger partial charge in [0.1, 0.15) is 11.3 Å². The molecule has 0 saturated heterocycles. The third kappa shape index (κ3) is 4.15. The van der Waals surface area contributed by atoms with E-state index in [9.17, 15) is 0 Å². The van der Waals surface area contributed by atoms with Gasteiger partial charge in [-0.05, 0) is 48.5 Å². The van der Waals surface area contributed by atoms with Gasteiger partial charge >= 0.3 is 0 Å². The van der Waals surface area contributed by atoms with Gasteiger partial charge in [-0.15, -0.1) is 11.3 Å². The van der Waals surface area contributed by atoms with Crippen molar-refractivity contribution < 1.29 is 9.15 Å². The Balaban J connectivity index is 1.57. The molecule has 0 aliphatic carbocycles. The Morgan fingerprint density at radius 2 is 1.87 bits per heavy atom. The third-order valence-electron chi connectivity index (χ3n) is 5.09. The Labute approximate surface area is 183 Å². The molecule has 0 fully saturated rings. The summed E-state index contributed by atoms with van der Waals surface area (Å²) in [4.78, 5) is 10.3. The summed E-state index contributed by atoms with van der Waals surface area (Å²) in [6.07, 6.45) is 2.64. The van der Waals surface area contributed by atoms with Crippen LogP contribution < -0.4 is 9.54 Å². The normalized spacial score (nSPS) is 11.8. The van der Waals surface area contributed by atoms with Crippen LogP contribution in [0.2, 0.25) is 0 Å². The van der Waals surface area contributed by atoms with E-state index in [0.29, 0.717) is 0 Å². The number of aromatic nitrogens is 2. The first-order chi connectivity index (χ1) is 15.3. The SMILES string of the molecule is COc1ccc(N=c2scc(-c3cc4ccccc4o3)n2CCc2ccccn2)cc1. The number of fused-ring (bicyclic) bond motifs is 1. The molecule has 0 amide bonds. The second-order valence-corrected chi connectivity index (χ2v) is 7.92. The molecule has 0 aliphatic heterocycles. The minimum Gasteiger partial charge on any atom is -0.497 e. The number of hydrogen-bond acceptors (Lipinski definition) is 5. The van der Waals surface area contributed by atoms with Crippen molar-refractivity contribution in [2.45, 2.75) is 13.0 Å². The third-order valence-corrected chi connectivity index (χ3v) is 5.95. The first-order valence-electron chi connectivity index (χ1n) is 10.1. The number of methoxy groups -OCH3 is 1. The van der Waals surface area contributed by atoms with Crippen LogP contribution in [0.5, 0.6) is 5.75 Å². The fraction of sp³-hybridized carbons (Fsp3) is 0.120. The summed E-state index contributed by atoms with van der Waals surface area (Å²) in [6.45, 7) is 0.752. The zero-order valence-corrected chi connectivity index (χ0v) is 17.9. The van der Waals surface area contributed by atoms with Gasteiger partial charge in [0.15, 0.2) is 10.6 Å². The fourth-order valence-corrected chi connectivity index (χ4v) is 4.42. The number of nitrogens with zero attached hydrogens (tertiary/aromatic N) is 3. The van der Waals surface area contributed by atoms with Crippen molar-refractivity contribution in [2.24, 2.45) is 4.99 Å². The smallest absolute Gasteiger partial charge is 0.190 e. The molecule has 0 saturated carbocycles. The largest absolute Gasteiger partial charge is 0.497 e. The van der Waals surface area contributed by atoms with Crippen LogP contribution in [0.4, 0.5) is 5.69 Å². The molecule has 0 aliphatic rings. The average Bonchev–Trinajstić information content (AvgIpc) is 3.42. The minimum absolute atomic E-state index is 0.752. The van der Waals surface area contributed by atoms with Gasteiger partial charge in [-0.3, -0.25) is 4.98 Å². The van der Waals surface area contributed by atoms with E-state index in [1.807, 2.05) is 66.9 Å². The first kappa shape index (κ1) is 19.3. The number of aryl methyl sites for hydroxylation is 1. The number of furan rings is 1. The van der Waals surface area contributed by atoms with Crippen LogP contribution >= 0.6 is 11.3 Å². The van der Waals surface area contributed by atoms with Gasteiger partial charge in [0.25, 0.3) is 0 Å². The van der Waals surface area contributed by atoms with Crippen molar-refractivity contribution in [3.63, 3.8) is 0 Å². The maximum Gasteiger partial charge on any atom is 0.190 e. The summed E-state index contributed by atoms with van der Waals surface area (Å²) in [7, 11) is 1.66. The van der Waals surface area contributed by atoms with E-state index in [0.717, 1.165) is 57.3 Å². The monoisotopic (exact) mass is 427 g/mol. The number of benzene rings is 2. The standard InChI is InChI=1S/C25H21N3O2S/c1-29-21-11-9-20(10-12-21)27-25-28(15-13-19-7-4-5-14-26-19)22(17-31-25)24-16-18-6-2-3-8-23(18)30-24/h2-12,14,16-17H,13,15H2,1H3. The summed E-state index contributed by atoms with van der Waals surface area (Å²) < 4.78 is 13.6. The quantitative estimate of drug-likeness (QED) is 0.342. The number of pyridine rings is 1. The molecule has 154 valence electrons. The molecule has 0 spiro atoms. The predicted molar refractivity (Wildman–Crippen MR) is 124 cm³/mol. The molecule has 2 aromatic carbocycles. The van der Waals surface area contributed by atoms with Gasteiger partial charge in [-0.25, -0.2) is 4.99 Å². The molecule has 0 N–H and O–H groups in total. The molecule has 31 heavy (non-hydrogen) atoms. The minimum atomic E-state index is 0.752. The van der Waals surface area contributed by atoms with E-state index >= 15 is 0 Å². The number of thiazole rings is 1. The number of para-hydroxylation sites is 1. The van der Waals surface area contributed by atoms with Gasteiger partial charge in [-0.2, -0.15) is 0 Å². The summed E-state index contributed by atoms with van der Waals surface area (Å²) in [5.74, 6) is 1.66. The van der Waals surface area contributed by atoms with Crippen LogP contribution in [0.1, 0.15) is 5.69 Å². The topological polar surface area (TPSA) is 52.6 Å². The zero-order valence-electron chi connectivity index (χ0n) is 17.1. The molecule has 0 unspecified atom stereocenters. The van der Waals surface area contributed by atoms with Crippen LogP contribution in [0.3, 0.4) is 0 Å². The van der Waals surface area contributed by atoms with Gasteiger partial charge < -0.3 is 13.7 Å². The average molecular weight is 428 g/mol. The molecule has 3 aromatic heterocycles. The lowest BCUT2D eigenvalue weighted by Crippen LogP contribution is -2.17. The predicted octanol–water partition coefficient (Wildman–Crippen LogP) is 5.84. The summed E-state index contributed by atoms with van der Waals surface area (Å²) in [5.41, 5.74) is 3.83. The Morgan fingerprint density at radius 1 is 1.03 bits per heavy atom. The van der Waals surface area contributed by atoms with Crippen molar-refractivity contribution >= 4 is 28.0 Å². The maximum atomic E-state index is 6.15. The highest BCUT2D eigenvalue weighted by Crippen LogP contribution is 2.28. The van der Waals surface area contributed by atoms with Crippen molar-refractivity contribution in [1.82, 2.24) is 9.55 Å². The van der Waals surface area contributed by atoms with Gasteiger partial charge in [-0.1, -0.05) is 24.3 Å². The first-order valence-corrected chi connectivity index (χ1v) is 10.9. The second kappa shape index (κ2) is 8.62. The van der Waals surface area contributed by atoms with Gasteiger partial charge in [0.2, 0.25) is 0 Å². The van der Waals surface area contributed by atoms with Crippen LogP contribution in [-0.2, 0) is 13.0 Å². The van der Waals surface area contributed by atoms with E-state index in [-0.39, 0.29) is 0 Å². The molecule has 5 nitrogen and oxygen atoms in total. The summed E-state index contributed by atoms with van der Waals surface area (Å²) in [5, 5.41) is 3.20. The van der Waals surface area contributed by atoms with Crippen molar-refractivity contribution in [1.29, 1.82) is 0 Å². The molecule has 6 heteroatoms. The molecular weight excluding hydrogens is 406 g/mol. The Morgan fingerprint density at radius 3 is 2.65 bits per heavy atom. The second-order valence-electron chi connectivity index (χ2n) is 7.08. The fourth-order valence-electron chi connectivity index (χ4n) is 3.48. The summed E-state index contributed by atoms with van der Waals surface area (Å²) >= 11 is 1.61. The van der Waals surface area contributed by atoms with E-state index in [2.05, 4.69) is 27.1 Å². The van der Waals surface area contributed by atoms with Crippen LogP contribution in [0, 0.1) is 0 Å². The lowest BCUT2D eigenvalue weighted by Gasteiger charge is -2.07. The lowest BCUT2D eigenvalue weighted by molar-refractivity contribution is 0.415. The van der Waals surface area contributed by atoms with E-state index in [1.165, 1.54) is 0 Å². The molecule has 0 radical (unpaired) electrons. The van der Waals surface area contributed by atoms with E-state index in [4.69, 9.17) is 14.1 Å². The zero-order chi connectivity index (χ0) is 21.0. The lowest BCUT2D eigenvalue weighted by atomic mass is 10.2. The molecular formula is C25H21N3O2S. The van der Waals surface area contributed by atoms with Gasteiger partial charge in [0.05, 0.1) is 18.5 Å². The molecule has 3 heterocycles. The number of rotatable bonds is 6. The Hall–Kier alpha value is -3.64. The molecule has 0 bridgehead atoms. The Bertz CT molecular complexity index is 1330. The van der Waals surface area contributed by atoms with E-state index in [1.54, 1.807) is 18.4 Å². The van der Waals surface area contributed by atoms with Crippen molar-refractivity contribution in [2.75, 3.05) is 7.11 Å². The highest BCUT2D eigenvalue weighted by atomic mass is 32.1. The van der Waals surface area contributed by atoms with Crippen LogP contribution in [0.15, 0.2) is 93.8 Å². The van der Waals surface area contributed by atoms with Gasteiger partial charge in [0, 0.05) is 35.6 Å². The Kier molecular flexibility index (Phi) is 5.37. The number of hydrogen-bond donors (Lipinski definition) is 0. The van der Waals surface area contributed by atoms with Crippen molar-refractivity contribution in [3.8, 4) is 17.2 Å². The van der Waals surface area contributed by atoms with Crippen molar-refractivity contribution in [3.05, 3.63) is 94.9 Å². The summed E-state index contributed by atoms with van der Waals surface area (Å²) in [6, 6.07) is 23.9. The number of ether oxygens (including phenoxy) is 1. The molecule has 5 aromatic rings. The highest BCUT2D eigenvalue weighted by molar-refractivity contribution is 7.07. The maximum absolute atomic E-state index is 6.15. The van der Waals surface area contributed by atoms with Crippen LogP contribution in [0.25, 0.3) is 22.4 Å².